The quantitative estimate of drug-likeness (QED) is 0.408. The molecule has 0 spiro atoms. The maximum absolute atomic E-state index is 12.2. The van der Waals surface area contributed by atoms with Crippen molar-refractivity contribution in [3.05, 3.63) is 90.5 Å². The largest absolute Gasteiger partial charge is 0.497 e. The minimum atomic E-state index is -2.60. The Kier molecular flexibility index (Phi) is 7.74. The fourth-order valence-corrected chi connectivity index (χ4v) is 9.54. The lowest BCUT2D eigenvalue weighted by atomic mass is 10.1. The van der Waals surface area contributed by atoms with Crippen LogP contribution in [0.5, 0.6) is 5.75 Å². The zero-order valence-corrected chi connectivity index (χ0v) is 22.1. The molecular formula is C29H35NO4Si. The maximum Gasteiger partial charge on any atom is 0.326 e. The van der Waals surface area contributed by atoms with Crippen LogP contribution in [0.4, 0.5) is 0 Å². The van der Waals surface area contributed by atoms with Gasteiger partial charge in [0.2, 0.25) is 0 Å². The predicted molar refractivity (Wildman–Crippen MR) is 141 cm³/mol. The molecule has 5 nitrogen and oxygen atoms in total. The van der Waals surface area contributed by atoms with E-state index in [-0.39, 0.29) is 17.0 Å². The predicted octanol–water partition coefficient (Wildman–Crippen LogP) is 4.69. The summed E-state index contributed by atoms with van der Waals surface area (Å²) in [5.41, 5.74) is 1.07. The van der Waals surface area contributed by atoms with E-state index < -0.39 is 8.32 Å². The van der Waals surface area contributed by atoms with Gasteiger partial charge in [0.05, 0.1) is 26.1 Å². The Morgan fingerprint density at radius 2 is 1.49 bits per heavy atom. The summed E-state index contributed by atoms with van der Waals surface area (Å²) in [5.74, 6) is 0.622. The first-order valence-corrected chi connectivity index (χ1v) is 14.1. The number of carbonyl (C=O) groups excluding carboxylic acids is 1. The van der Waals surface area contributed by atoms with Gasteiger partial charge in [-0.3, -0.25) is 4.79 Å². The molecule has 6 heteroatoms. The van der Waals surface area contributed by atoms with Gasteiger partial charge in [0.1, 0.15) is 5.75 Å². The SMILES string of the molecule is COc1ccc(CN2OC(=O)CC2CCO[Si](c2ccccc2)(c2ccccc2)C(C)(C)C)cc1. The fourth-order valence-electron chi connectivity index (χ4n) is 4.96. The highest BCUT2D eigenvalue weighted by Gasteiger charge is 2.50. The lowest BCUT2D eigenvalue weighted by Crippen LogP contribution is -2.66. The molecule has 1 heterocycles. The number of methoxy groups -OCH3 is 1. The van der Waals surface area contributed by atoms with E-state index in [1.54, 1.807) is 12.2 Å². The molecule has 1 unspecified atom stereocenters. The summed E-state index contributed by atoms with van der Waals surface area (Å²) in [6.45, 7) is 7.92. The summed E-state index contributed by atoms with van der Waals surface area (Å²) in [7, 11) is -0.951. The minimum absolute atomic E-state index is 0.0252. The van der Waals surface area contributed by atoms with Gasteiger partial charge >= 0.3 is 5.97 Å². The molecule has 3 aromatic rings. The van der Waals surface area contributed by atoms with Gasteiger partial charge in [-0.25, -0.2) is 0 Å². The molecule has 0 radical (unpaired) electrons. The van der Waals surface area contributed by atoms with Crippen LogP contribution in [0.25, 0.3) is 0 Å². The summed E-state index contributed by atoms with van der Waals surface area (Å²) in [5, 5.41) is 4.24. The lowest BCUT2D eigenvalue weighted by molar-refractivity contribution is -0.178. The Bertz CT molecular complexity index is 1060. The van der Waals surface area contributed by atoms with Crippen molar-refractivity contribution < 1.29 is 18.8 Å². The van der Waals surface area contributed by atoms with Crippen LogP contribution >= 0.6 is 0 Å². The van der Waals surface area contributed by atoms with Gasteiger partial charge in [-0.2, -0.15) is 0 Å². The van der Waals surface area contributed by atoms with Crippen LogP contribution in [0.1, 0.15) is 39.2 Å². The molecule has 0 N–H and O–H groups in total. The van der Waals surface area contributed by atoms with Crippen molar-refractivity contribution >= 4 is 24.7 Å². The van der Waals surface area contributed by atoms with Gasteiger partial charge in [-0.15, -0.1) is 5.06 Å². The molecule has 1 aliphatic heterocycles. The Morgan fingerprint density at radius 1 is 0.914 bits per heavy atom. The van der Waals surface area contributed by atoms with Crippen LogP contribution < -0.4 is 15.1 Å². The summed E-state index contributed by atoms with van der Waals surface area (Å²) < 4.78 is 12.3. The van der Waals surface area contributed by atoms with Crippen molar-refractivity contribution in [2.45, 2.75) is 51.2 Å². The second-order valence-corrected chi connectivity index (χ2v) is 14.4. The molecular weight excluding hydrogens is 454 g/mol. The Labute approximate surface area is 209 Å². The van der Waals surface area contributed by atoms with E-state index in [0.717, 1.165) is 11.3 Å². The molecule has 35 heavy (non-hydrogen) atoms. The van der Waals surface area contributed by atoms with Crippen molar-refractivity contribution in [1.82, 2.24) is 5.06 Å². The highest BCUT2D eigenvalue weighted by molar-refractivity contribution is 6.99. The van der Waals surface area contributed by atoms with Crippen molar-refractivity contribution in [2.75, 3.05) is 13.7 Å². The van der Waals surface area contributed by atoms with Crippen molar-refractivity contribution in [1.29, 1.82) is 0 Å². The monoisotopic (exact) mass is 489 g/mol. The molecule has 1 atom stereocenters. The Hall–Kier alpha value is -2.93. The lowest BCUT2D eigenvalue weighted by Gasteiger charge is -2.43. The normalized spacial score (nSPS) is 16.8. The molecule has 4 rings (SSSR count). The van der Waals surface area contributed by atoms with Crippen molar-refractivity contribution in [3.63, 3.8) is 0 Å². The molecule has 3 aromatic carbocycles. The number of benzene rings is 3. The molecule has 0 bridgehead atoms. The summed E-state index contributed by atoms with van der Waals surface area (Å²) in [6, 6.07) is 29.1. The van der Waals surface area contributed by atoms with Gasteiger partial charge in [0.25, 0.3) is 8.32 Å². The number of hydrogen-bond donors (Lipinski definition) is 0. The van der Waals surface area contributed by atoms with Gasteiger partial charge in [0.15, 0.2) is 0 Å². The first kappa shape index (κ1) is 25.2. The number of hydrogen-bond acceptors (Lipinski definition) is 5. The van der Waals surface area contributed by atoms with Crippen LogP contribution in [0.2, 0.25) is 5.04 Å². The average molecular weight is 490 g/mol. The number of rotatable bonds is 9. The van der Waals surface area contributed by atoms with Crippen molar-refractivity contribution in [2.24, 2.45) is 0 Å². The van der Waals surface area contributed by atoms with E-state index in [4.69, 9.17) is 14.0 Å². The van der Waals surface area contributed by atoms with E-state index in [1.807, 2.05) is 24.3 Å². The summed E-state index contributed by atoms with van der Waals surface area (Å²) in [6.07, 6.45) is 1.09. The number of hydroxylamine groups is 2. The first-order valence-electron chi connectivity index (χ1n) is 12.2. The molecule has 1 fully saturated rings. The zero-order chi connectivity index (χ0) is 24.9. The van der Waals surface area contributed by atoms with Crippen LogP contribution in [-0.2, 0) is 20.6 Å². The number of ether oxygens (including phenoxy) is 1. The first-order chi connectivity index (χ1) is 16.8. The van der Waals surface area contributed by atoms with E-state index in [2.05, 4.69) is 81.4 Å². The molecule has 0 saturated carbocycles. The van der Waals surface area contributed by atoms with Gasteiger partial charge in [-0.05, 0) is 39.5 Å². The molecule has 0 aromatic heterocycles. The van der Waals surface area contributed by atoms with E-state index in [0.29, 0.717) is 26.0 Å². The second-order valence-electron chi connectivity index (χ2n) is 10.0. The molecule has 1 saturated heterocycles. The third kappa shape index (κ3) is 5.50. The van der Waals surface area contributed by atoms with E-state index in [1.165, 1.54) is 10.4 Å². The standard InChI is InChI=1S/C29H35NO4Si/c1-29(2,3)35(26-11-7-5-8-12-26,27-13-9-6-10-14-27)33-20-19-24-21-28(31)34-30(24)22-23-15-17-25(32-4)18-16-23/h5-18,24H,19-22H2,1-4H3. The Balaban J connectivity index is 1.54. The second kappa shape index (κ2) is 10.8. The highest BCUT2D eigenvalue weighted by atomic mass is 28.4. The third-order valence-corrected chi connectivity index (χ3v) is 11.8. The van der Waals surface area contributed by atoms with Gasteiger partial charge < -0.3 is 14.0 Å². The fraction of sp³-hybridized carbons (Fsp3) is 0.345. The molecule has 0 amide bonds. The summed E-state index contributed by atoms with van der Waals surface area (Å²) in [4.78, 5) is 17.8. The smallest absolute Gasteiger partial charge is 0.326 e. The molecule has 0 aliphatic carbocycles. The topological polar surface area (TPSA) is 48.0 Å². The number of carbonyl (C=O) groups is 1. The zero-order valence-electron chi connectivity index (χ0n) is 21.1. The molecule has 184 valence electrons. The average Bonchev–Trinajstić information content (AvgIpc) is 3.21. The van der Waals surface area contributed by atoms with Gasteiger partial charge in [-0.1, -0.05) is 93.6 Å². The van der Waals surface area contributed by atoms with Crippen LogP contribution in [-0.4, -0.2) is 39.1 Å². The van der Waals surface area contributed by atoms with E-state index >= 15 is 0 Å². The van der Waals surface area contributed by atoms with E-state index in [9.17, 15) is 4.79 Å². The van der Waals surface area contributed by atoms with Crippen molar-refractivity contribution in [3.8, 4) is 5.75 Å². The number of nitrogens with zero attached hydrogens (tertiary/aromatic N) is 1. The van der Waals surface area contributed by atoms with Crippen LogP contribution in [0.15, 0.2) is 84.9 Å². The van der Waals surface area contributed by atoms with Crippen LogP contribution in [0, 0.1) is 0 Å². The highest BCUT2D eigenvalue weighted by Crippen LogP contribution is 2.37. The van der Waals surface area contributed by atoms with Crippen LogP contribution in [0.3, 0.4) is 0 Å². The summed E-state index contributed by atoms with van der Waals surface area (Å²) >= 11 is 0. The maximum atomic E-state index is 12.2. The third-order valence-electron chi connectivity index (χ3n) is 6.71. The molecule has 1 aliphatic rings. The minimum Gasteiger partial charge on any atom is -0.497 e. The van der Waals surface area contributed by atoms with Gasteiger partial charge in [0, 0.05) is 6.61 Å². The Morgan fingerprint density at radius 3 is 2.00 bits per heavy atom.